The van der Waals surface area contributed by atoms with E-state index in [0.717, 1.165) is 16.7 Å². The SMILES string of the molecule is O=C1Nc2ccc(Cl)cc2C1=Cc1ccc(-c2cccc(C(=O)NCc3cccnc3)c2)o1. The number of rotatable bonds is 5. The molecule has 2 aromatic heterocycles. The molecular formula is C26H18ClN3O3. The van der Waals surface area contributed by atoms with Crippen LogP contribution in [0.15, 0.2) is 83.5 Å². The van der Waals surface area contributed by atoms with Gasteiger partial charge in [-0.15, -0.1) is 0 Å². The summed E-state index contributed by atoms with van der Waals surface area (Å²) in [6.07, 6.45) is 5.09. The third-order valence-corrected chi connectivity index (χ3v) is 5.50. The van der Waals surface area contributed by atoms with Gasteiger partial charge in [0.1, 0.15) is 11.5 Å². The molecule has 0 saturated heterocycles. The van der Waals surface area contributed by atoms with Crippen molar-refractivity contribution in [3.05, 3.63) is 107 Å². The lowest BCUT2D eigenvalue weighted by molar-refractivity contribution is -0.110. The van der Waals surface area contributed by atoms with E-state index in [4.69, 9.17) is 16.0 Å². The van der Waals surface area contributed by atoms with Crippen molar-refractivity contribution < 1.29 is 14.0 Å². The number of nitrogens with zero attached hydrogens (tertiary/aromatic N) is 1. The number of furan rings is 1. The molecule has 7 heteroatoms. The quantitative estimate of drug-likeness (QED) is 0.394. The van der Waals surface area contributed by atoms with E-state index < -0.39 is 0 Å². The summed E-state index contributed by atoms with van der Waals surface area (Å²) in [5.74, 6) is 0.714. The van der Waals surface area contributed by atoms with E-state index in [0.29, 0.717) is 39.9 Å². The molecule has 2 amide bonds. The smallest absolute Gasteiger partial charge is 0.256 e. The highest BCUT2D eigenvalue weighted by Crippen LogP contribution is 2.35. The number of pyridine rings is 1. The maximum atomic E-state index is 12.6. The summed E-state index contributed by atoms with van der Waals surface area (Å²) in [4.78, 5) is 29.0. The number of anilines is 1. The Morgan fingerprint density at radius 2 is 2.00 bits per heavy atom. The molecule has 2 N–H and O–H groups in total. The van der Waals surface area contributed by atoms with Gasteiger partial charge in [0, 0.05) is 46.3 Å². The van der Waals surface area contributed by atoms with Crippen LogP contribution >= 0.6 is 11.6 Å². The molecule has 2 aromatic carbocycles. The second-order valence-corrected chi connectivity index (χ2v) is 7.97. The van der Waals surface area contributed by atoms with Gasteiger partial charge in [-0.2, -0.15) is 0 Å². The average molecular weight is 456 g/mol. The Hall–Kier alpha value is -4.16. The van der Waals surface area contributed by atoms with Crippen LogP contribution in [0.3, 0.4) is 0 Å². The molecule has 0 aliphatic carbocycles. The molecule has 0 bridgehead atoms. The second-order valence-electron chi connectivity index (χ2n) is 7.53. The van der Waals surface area contributed by atoms with Crippen LogP contribution in [-0.2, 0) is 11.3 Å². The highest BCUT2D eigenvalue weighted by Gasteiger charge is 2.24. The lowest BCUT2D eigenvalue weighted by Crippen LogP contribution is -2.22. The van der Waals surface area contributed by atoms with Gasteiger partial charge in [-0.1, -0.05) is 29.8 Å². The summed E-state index contributed by atoms with van der Waals surface area (Å²) in [5, 5.41) is 6.26. The largest absolute Gasteiger partial charge is 0.457 e. The van der Waals surface area contributed by atoms with E-state index in [-0.39, 0.29) is 11.8 Å². The van der Waals surface area contributed by atoms with Crippen molar-refractivity contribution in [2.45, 2.75) is 6.54 Å². The number of aromatic nitrogens is 1. The lowest BCUT2D eigenvalue weighted by atomic mass is 10.1. The predicted molar refractivity (Wildman–Crippen MR) is 128 cm³/mol. The third-order valence-electron chi connectivity index (χ3n) is 5.26. The van der Waals surface area contributed by atoms with Gasteiger partial charge in [-0.25, -0.2) is 0 Å². The van der Waals surface area contributed by atoms with E-state index in [1.54, 1.807) is 60.9 Å². The summed E-state index contributed by atoms with van der Waals surface area (Å²) in [6.45, 7) is 0.392. The zero-order valence-electron chi connectivity index (χ0n) is 17.3. The maximum Gasteiger partial charge on any atom is 0.256 e. The van der Waals surface area contributed by atoms with Crippen LogP contribution in [0.4, 0.5) is 5.69 Å². The van der Waals surface area contributed by atoms with E-state index in [2.05, 4.69) is 15.6 Å². The Bertz CT molecular complexity index is 1390. The number of hydrogen-bond acceptors (Lipinski definition) is 4. The number of hydrogen-bond donors (Lipinski definition) is 2. The first kappa shape index (κ1) is 20.7. The molecule has 33 heavy (non-hydrogen) atoms. The van der Waals surface area contributed by atoms with Crippen LogP contribution in [0, 0.1) is 0 Å². The Morgan fingerprint density at radius 1 is 1.09 bits per heavy atom. The maximum absolute atomic E-state index is 12.6. The van der Waals surface area contributed by atoms with Crippen LogP contribution in [-0.4, -0.2) is 16.8 Å². The Kier molecular flexibility index (Phi) is 5.50. The Labute approximate surface area is 194 Å². The summed E-state index contributed by atoms with van der Waals surface area (Å²) >= 11 is 6.10. The molecule has 0 radical (unpaired) electrons. The molecule has 0 saturated carbocycles. The summed E-state index contributed by atoms with van der Waals surface area (Å²) in [5.41, 5.74) is 4.13. The van der Waals surface area contributed by atoms with Gasteiger partial charge in [0.2, 0.25) is 0 Å². The zero-order valence-corrected chi connectivity index (χ0v) is 18.1. The first-order chi connectivity index (χ1) is 16.1. The first-order valence-electron chi connectivity index (χ1n) is 10.3. The van der Waals surface area contributed by atoms with Crippen molar-refractivity contribution in [2.75, 3.05) is 5.32 Å². The normalized spacial score (nSPS) is 13.6. The summed E-state index contributed by atoms with van der Waals surface area (Å²) in [7, 11) is 0. The minimum absolute atomic E-state index is 0.189. The van der Waals surface area contributed by atoms with Gasteiger partial charge in [-0.3, -0.25) is 14.6 Å². The molecule has 3 heterocycles. The Morgan fingerprint density at radius 3 is 2.85 bits per heavy atom. The fourth-order valence-electron chi connectivity index (χ4n) is 3.63. The van der Waals surface area contributed by atoms with Crippen LogP contribution < -0.4 is 10.6 Å². The average Bonchev–Trinajstić information content (AvgIpc) is 3.43. The van der Waals surface area contributed by atoms with Crippen molar-refractivity contribution in [1.82, 2.24) is 10.3 Å². The third kappa shape index (κ3) is 4.42. The van der Waals surface area contributed by atoms with Gasteiger partial charge >= 0.3 is 0 Å². The molecule has 0 atom stereocenters. The predicted octanol–water partition coefficient (Wildman–Crippen LogP) is 5.42. The highest BCUT2D eigenvalue weighted by molar-refractivity contribution is 6.36. The van der Waals surface area contributed by atoms with E-state index >= 15 is 0 Å². The van der Waals surface area contributed by atoms with Crippen molar-refractivity contribution in [3.63, 3.8) is 0 Å². The van der Waals surface area contributed by atoms with Gasteiger partial charge < -0.3 is 15.1 Å². The molecule has 1 aliphatic heterocycles. The van der Waals surface area contributed by atoms with Crippen LogP contribution in [0.1, 0.15) is 27.2 Å². The first-order valence-corrected chi connectivity index (χ1v) is 10.6. The summed E-state index contributed by atoms with van der Waals surface area (Å²) < 4.78 is 5.96. The van der Waals surface area contributed by atoms with Crippen molar-refractivity contribution in [3.8, 4) is 11.3 Å². The van der Waals surface area contributed by atoms with Crippen molar-refractivity contribution in [1.29, 1.82) is 0 Å². The minimum atomic E-state index is -0.211. The number of benzene rings is 2. The zero-order chi connectivity index (χ0) is 22.8. The molecule has 4 aromatic rings. The topological polar surface area (TPSA) is 84.2 Å². The molecule has 0 spiro atoms. The molecular weight excluding hydrogens is 438 g/mol. The number of nitrogens with one attached hydrogen (secondary N) is 2. The van der Waals surface area contributed by atoms with Gasteiger partial charge in [0.15, 0.2) is 0 Å². The number of carbonyl (C=O) groups excluding carboxylic acids is 2. The standard InChI is InChI=1S/C26H18ClN3O3/c27-19-6-8-23-21(12-19)22(26(32)30-23)13-20-7-9-24(33-20)17-4-1-5-18(11-17)25(31)29-15-16-3-2-10-28-14-16/h1-14H,15H2,(H,29,31)(H,30,32). The number of amides is 2. The monoisotopic (exact) mass is 455 g/mol. The van der Waals surface area contributed by atoms with E-state index in [1.165, 1.54) is 0 Å². The fourth-order valence-corrected chi connectivity index (χ4v) is 3.80. The molecule has 0 unspecified atom stereocenters. The minimum Gasteiger partial charge on any atom is -0.457 e. The van der Waals surface area contributed by atoms with E-state index in [1.807, 2.05) is 24.3 Å². The highest BCUT2D eigenvalue weighted by atomic mass is 35.5. The molecule has 5 rings (SSSR count). The molecule has 162 valence electrons. The van der Waals surface area contributed by atoms with E-state index in [9.17, 15) is 9.59 Å². The fraction of sp³-hybridized carbons (Fsp3) is 0.0385. The van der Waals surface area contributed by atoms with Crippen LogP contribution in [0.2, 0.25) is 5.02 Å². The summed E-state index contributed by atoms with van der Waals surface area (Å²) in [6, 6.07) is 19.8. The van der Waals surface area contributed by atoms with Crippen LogP contribution in [0.5, 0.6) is 0 Å². The van der Waals surface area contributed by atoms with Gasteiger partial charge in [0.25, 0.3) is 11.8 Å². The van der Waals surface area contributed by atoms with Crippen molar-refractivity contribution in [2.24, 2.45) is 0 Å². The van der Waals surface area contributed by atoms with Crippen LogP contribution in [0.25, 0.3) is 23.0 Å². The molecule has 0 fully saturated rings. The lowest BCUT2D eigenvalue weighted by Gasteiger charge is -2.06. The number of halogens is 1. The number of fused-ring (bicyclic) bond motifs is 1. The number of carbonyl (C=O) groups is 2. The second kappa shape index (κ2) is 8.76. The van der Waals surface area contributed by atoms with Crippen molar-refractivity contribution >= 4 is 40.8 Å². The van der Waals surface area contributed by atoms with Gasteiger partial charge in [0.05, 0.1) is 5.57 Å². The Balaban J connectivity index is 1.35. The molecule has 1 aliphatic rings. The molecule has 6 nitrogen and oxygen atoms in total. The van der Waals surface area contributed by atoms with Gasteiger partial charge in [-0.05, 0) is 60.2 Å².